The van der Waals surface area contributed by atoms with Gasteiger partial charge in [-0.2, -0.15) is 0 Å². The zero-order valence-corrected chi connectivity index (χ0v) is 14.4. The van der Waals surface area contributed by atoms with Crippen LogP contribution in [0.5, 0.6) is 5.75 Å². The Bertz CT molecular complexity index is 661. The molecule has 2 bridgehead atoms. The molecular formula is C19H22O6. The fraction of sp³-hybridized carbons (Fsp3) is 0.526. The summed E-state index contributed by atoms with van der Waals surface area (Å²) in [6.45, 7) is 0. The monoisotopic (exact) mass is 346 g/mol. The minimum atomic E-state index is -0.615. The van der Waals surface area contributed by atoms with Crippen LogP contribution in [0.1, 0.15) is 52.8 Å². The van der Waals surface area contributed by atoms with Crippen molar-refractivity contribution in [1.82, 2.24) is 0 Å². The minimum Gasteiger partial charge on any atom is -0.465 e. The molecule has 0 saturated heterocycles. The molecule has 6 nitrogen and oxygen atoms in total. The number of methoxy groups -OCH3 is 2. The van der Waals surface area contributed by atoms with E-state index in [0.717, 1.165) is 12.3 Å². The molecule has 2 aliphatic carbocycles. The topological polar surface area (TPSA) is 78.9 Å². The number of ether oxygens (including phenoxy) is 3. The van der Waals surface area contributed by atoms with E-state index in [0.29, 0.717) is 18.3 Å². The van der Waals surface area contributed by atoms with E-state index in [1.807, 2.05) is 0 Å². The largest absolute Gasteiger partial charge is 0.465 e. The SMILES string of the molecule is COC(=O)c1cc(OC(=O)C[C@@H]2C[C@H]3CC[C@@H]2C3)cc(C(=O)OC)c1. The Hall–Kier alpha value is -2.37. The van der Waals surface area contributed by atoms with Gasteiger partial charge in [-0.05, 0) is 55.2 Å². The summed E-state index contributed by atoms with van der Waals surface area (Å²) in [6, 6.07) is 4.15. The molecule has 0 amide bonds. The maximum Gasteiger partial charge on any atom is 0.338 e. The van der Waals surface area contributed by atoms with Crippen molar-refractivity contribution < 1.29 is 28.6 Å². The summed E-state index contributed by atoms with van der Waals surface area (Å²) >= 11 is 0. The van der Waals surface area contributed by atoms with E-state index in [-0.39, 0.29) is 22.8 Å². The molecule has 2 aliphatic rings. The first kappa shape index (κ1) is 17.5. The molecule has 0 unspecified atom stereocenters. The van der Waals surface area contributed by atoms with Gasteiger partial charge < -0.3 is 14.2 Å². The van der Waals surface area contributed by atoms with E-state index in [1.165, 1.54) is 51.7 Å². The molecule has 25 heavy (non-hydrogen) atoms. The van der Waals surface area contributed by atoms with Gasteiger partial charge in [-0.1, -0.05) is 6.42 Å². The molecule has 2 fully saturated rings. The van der Waals surface area contributed by atoms with Crippen LogP contribution in [-0.4, -0.2) is 32.1 Å². The van der Waals surface area contributed by atoms with Crippen molar-refractivity contribution in [3.05, 3.63) is 29.3 Å². The lowest BCUT2D eigenvalue weighted by Gasteiger charge is -2.20. The van der Waals surface area contributed by atoms with E-state index in [2.05, 4.69) is 9.47 Å². The third kappa shape index (κ3) is 3.83. The van der Waals surface area contributed by atoms with Crippen molar-refractivity contribution in [2.24, 2.45) is 17.8 Å². The highest BCUT2D eigenvalue weighted by Gasteiger charge is 2.40. The zero-order chi connectivity index (χ0) is 18.0. The van der Waals surface area contributed by atoms with E-state index in [9.17, 15) is 14.4 Å². The first-order valence-electron chi connectivity index (χ1n) is 8.52. The van der Waals surface area contributed by atoms with Gasteiger partial charge in [-0.25, -0.2) is 9.59 Å². The summed E-state index contributed by atoms with van der Waals surface area (Å²) in [7, 11) is 2.49. The molecule has 0 spiro atoms. The van der Waals surface area contributed by atoms with Gasteiger partial charge in [-0.15, -0.1) is 0 Å². The minimum absolute atomic E-state index is 0.133. The smallest absolute Gasteiger partial charge is 0.338 e. The third-order valence-electron chi connectivity index (χ3n) is 5.29. The zero-order valence-electron chi connectivity index (χ0n) is 14.4. The average molecular weight is 346 g/mol. The van der Waals surface area contributed by atoms with Crippen molar-refractivity contribution in [3.8, 4) is 5.75 Å². The van der Waals surface area contributed by atoms with Crippen LogP contribution in [0.4, 0.5) is 0 Å². The fourth-order valence-corrected chi connectivity index (χ4v) is 4.14. The van der Waals surface area contributed by atoms with Gasteiger partial charge >= 0.3 is 17.9 Å². The number of benzene rings is 1. The van der Waals surface area contributed by atoms with E-state index in [4.69, 9.17) is 4.74 Å². The van der Waals surface area contributed by atoms with Crippen LogP contribution < -0.4 is 4.74 Å². The van der Waals surface area contributed by atoms with Gasteiger partial charge in [0.25, 0.3) is 0 Å². The van der Waals surface area contributed by atoms with Crippen LogP contribution in [0.3, 0.4) is 0 Å². The summed E-state index contributed by atoms with van der Waals surface area (Å²) in [5.41, 5.74) is 0.265. The van der Waals surface area contributed by atoms with Crippen molar-refractivity contribution in [3.63, 3.8) is 0 Å². The second-order valence-corrected chi connectivity index (χ2v) is 6.84. The lowest BCUT2D eigenvalue weighted by atomic mass is 9.86. The summed E-state index contributed by atoms with van der Waals surface area (Å²) in [5.74, 6) is 0.357. The van der Waals surface area contributed by atoms with Gasteiger partial charge in [0.15, 0.2) is 0 Å². The first-order chi connectivity index (χ1) is 12.0. The number of carbonyl (C=O) groups is 3. The van der Waals surface area contributed by atoms with Gasteiger partial charge in [0.1, 0.15) is 5.75 Å². The predicted octanol–water partition coefficient (Wildman–Crippen LogP) is 2.99. The molecule has 134 valence electrons. The summed E-state index contributed by atoms with van der Waals surface area (Å²) in [5, 5.41) is 0. The first-order valence-corrected chi connectivity index (χ1v) is 8.52. The van der Waals surface area contributed by atoms with Gasteiger partial charge in [0.2, 0.25) is 0 Å². The molecule has 3 rings (SSSR count). The quantitative estimate of drug-likeness (QED) is 0.602. The van der Waals surface area contributed by atoms with Crippen molar-refractivity contribution in [2.75, 3.05) is 14.2 Å². The number of rotatable bonds is 5. The maximum absolute atomic E-state index is 12.3. The van der Waals surface area contributed by atoms with Gasteiger partial charge in [0, 0.05) is 6.42 Å². The van der Waals surface area contributed by atoms with Crippen LogP contribution in [-0.2, 0) is 14.3 Å². The van der Waals surface area contributed by atoms with Crippen molar-refractivity contribution in [2.45, 2.75) is 32.1 Å². The highest BCUT2D eigenvalue weighted by Crippen LogP contribution is 2.49. The second kappa shape index (κ2) is 7.25. The number of hydrogen-bond donors (Lipinski definition) is 0. The Morgan fingerprint density at radius 1 is 0.960 bits per heavy atom. The molecule has 6 heteroatoms. The van der Waals surface area contributed by atoms with Crippen LogP contribution in [0.25, 0.3) is 0 Å². The lowest BCUT2D eigenvalue weighted by Crippen LogP contribution is -2.19. The molecule has 0 radical (unpaired) electrons. The van der Waals surface area contributed by atoms with Crippen molar-refractivity contribution >= 4 is 17.9 Å². The van der Waals surface area contributed by atoms with Gasteiger partial charge in [0.05, 0.1) is 25.3 Å². The van der Waals surface area contributed by atoms with E-state index < -0.39 is 11.9 Å². The molecule has 3 atom stereocenters. The molecule has 1 aromatic rings. The van der Waals surface area contributed by atoms with Gasteiger partial charge in [-0.3, -0.25) is 4.79 Å². The third-order valence-corrected chi connectivity index (χ3v) is 5.29. The van der Waals surface area contributed by atoms with E-state index in [1.54, 1.807) is 0 Å². The summed E-state index contributed by atoms with van der Waals surface area (Å²) < 4.78 is 14.7. The molecule has 0 aromatic heterocycles. The highest BCUT2D eigenvalue weighted by atomic mass is 16.5. The molecular weight excluding hydrogens is 324 g/mol. The molecule has 0 N–H and O–H groups in total. The highest BCUT2D eigenvalue weighted by molar-refractivity contribution is 5.96. The Balaban J connectivity index is 1.72. The van der Waals surface area contributed by atoms with Crippen molar-refractivity contribution in [1.29, 1.82) is 0 Å². The average Bonchev–Trinajstić information content (AvgIpc) is 3.22. The van der Waals surface area contributed by atoms with E-state index >= 15 is 0 Å². The fourth-order valence-electron chi connectivity index (χ4n) is 4.14. The lowest BCUT2D eigenvalue weighted by molar-refractivity contribution is -0.135. The van der Waals surface area contributed by atoms with Crippen LogP contribution in [0, 0.1) is 17.8 Å². The van der Waals surface area contributed by atoms with Crippen LogP contribution in [0.15, 0.2) is 18.2 Å². The Labute approximate surface area is 146 Å². The summed E-state index contributed by atoms with van der Waals surface area (Å²) in [4.78, 5) is 35.8. The standard InChI is InChI=1S/C19H22O6/c1-23-18(21)14-7-15(19(22)24-2)9-16(8-14)25-17(20)10-13-6-11-3-4-12(13)5-11/h7-9,11-13H,3-6,10H2,1-2H3/t11-,12+,13-/m0/s1. The van der Waals surface area contributed by atoms with Crippen LogP contribution >= 0.6 is 0 Å². The number of carbonyl (C=O) groups excluding carboxylic acids is 3. The normalized spacial score (nSPS) is 24.0. The molecule has 2 saturated carbocycles. The number of esters is 3. The maximum atomic E-state index is 12.3. The number of hydrogen-bond acceptors (Lipinski definition) is 6. The van der Waals surface area contributed by atoms with Crippen LogP contribution in [0.2, 0.25) is 0 Å². The second-order valence-electron chi connectivity index (χ2n) is 6.84. The molecule has 1 aromatic carbocycles. The molecule has 0 heterocycles. The molecule has 0 aliphatic heterocycles. The predicted molar refractivity (Wildman–Crippen MR) is 88.3 cm³/mol. The Morgan fingerprint density at radius 3 is 2.08 bits per heavy atom. The number of fused-ring (bicyclic) bond motifs is 2. The summed E-state index contributed by atoms with van der Waals surface area (Å²) in [6.07, 6.45) is 5.17. The Kier molecular flexibility index (Phi) is 5.06. The Morgan fingerprint density at radius 2 is 1.60 bits per heavy atom.